The van der Waals surface area contributed by atoms with Crippen molar-refractivity contribution in [2.24, 2.45) is 0 Å². The summed E-state index contributed by atoms with van der Waals surface area (Å²) >= 11 is 4.05. The van der Waals surface area contributed by atoms with E-state index in [0.717, 1.165) is 6.54 Å². The first-order chi connectivity index (χ1) is 44.8. The van der Waals surface area contributed by atoms with Gasteiger partial charge in [0.2, 0.25) is 0 Å². The Kier molecular flexibility index (Phi) is 21.9. The van der Waals surface area contributed by atoms with Crippen LogP contribution in [0.2, 0.25) is 0 Å². The van der Waals surface area contributed by atoms with Crippen molar-refractivity contribution in [3.05, 3.63) is 166 Å². The van der Waals surface area contributed by atoms with Gasteiger partial charge in [-0.25, -0.2) is 0 Å². The molecule has 0 saturated heterocycles. The third kappa shape index (κ3) is 13.4. The van der Waals surface area contributed by atoms with Crippen LogP contribution in [0.3, 0.4) is 0 Å². The quantitative estimate of drug-likeness (QED) is 0.0272. The van der Waals surface area contributed by atoms with Gasteiger partial charge >= 0.3 is 0 Å². The van der Waals surface area contributed by atoms with Crippen molar-refractivity contribution in [1.82, 2.24) is 4.57 Å². The van der Waals surface area contributed by atoms with Crippen LogP contribution in [0.25, 0.3) is 96.9 Å². The van der Waals surface area contributed by atoms with Gasteiger partial charge in [0.1, 0.15) is 0 Å². The molecule has 0 amide bonds. The molecule has 478 valence electrons. The number of aryl methyl sites for hydroxylation is 3. The fourth-order valence-electron chi connectivity index (χ4n) is 17.3. The van der Waals surface area contributed by atoms with Crippen LogP contribution in [0.15, 0.2) is 133 Å². The molecular weight excluding hydrogens is 1140 g/mol. The van der Waals surface area contributed by atoms with Crippen molar-refractivity contribution in [2.45, 2.75) is 271 Å². The van der Waals surface area contributed by atoms with Gasteiger partial charge in [-0.3, -0.25) is 0 Å². The molecule has 3 heterocycles. The molecule has 7 aromatic carbocycles. The highest BCUT2D eigenvalue weighted by molar-refractivity contribution is 7.29. The second-order valence-corrected chi connectivity index (χ2v) is 30.8. The Morgan fingerprint density at radius 3 is 1.09 bits per heavy atom. The highest BCUT2D eigenvalue weighted by atomic mass is 32.1. The van der Waals surface area contributed by atoms with Crippen molar-refractivity contribution in [3.8, 4) is 54.9 Å². The molecule has 0 bridgehead atoms. The summed E-state index contributed by atoms with van der Waals surface area (Å²) in [6, 6.07) is 55.0. The molecule has 91 heavy (non-hydrogen) atoms. The molecule has 1 nitrogen and oxygen atoms in total. The molecule has 2 aliphatic carbocycles. The van der Waals surface area contributed by atoms with Crippen molar-refractivity contribution < 1.29 is 0 Å². The summed E-state index contributed by atoms with van der Waals surface area (Å²) in [6.07, 6.45) is 41.7. The molecular formula is C88H109NS2. The molecule has 0 N–H and O–H groups in total. The molecule has 0 fully saturated rings. The Morgan fingerprint density at radius 2 is 0.659 bits per heavy atom. The monoisotopic (exact) mass is 1240 g/mol. The van der Waals surface area contributed by atoms with Crippen LogP contribution >= 0.6 is 22.7 Å². The summed E-state index contributed by atoms with van der Waals surface area (Å²) in [5.74, 6) is 0. The normalized spacial score (nSPS) is 13.7. The third-order valence-electron chi connectivity index (χ3n) is 22.1. The maximum absolute atomic E-state index is 2.75. The summed E-state index contributed by atoms with van der Waals surface area (Å²) in [6.45, 7) is 17.5. The van der Waals surface area contributed by atoms with E-state index in [9.17, 15) is 0 Å². The number of hydrogen-bond acceptors (Lipinski definition) is 2. The van der Waals surface area contributed by atoms with Crippen LogP contribution < -0.4 is 0 Å². The Morgan fingerprint density at radius 1 is 0.319 bits per heavy atom. The van der Waals surface area contributed by atoms with Gasteiger partial charge in [0.05, 0.1) is 20.4 Å². The fourth-order valence-corrected chi connectivity index (χ4v) is 19.6. The molecule has 10 aromatic rings. The largest absolute Gasteiger partial charge is 0.339 e. The van der Waals surface area contributed by atoms with Gasteiger partial charge in [-0.05, 0) is 170 Å². The second kappa shape index (κ2) is 30.6. The number of benzene rings is 7. The van der Waals surface area contributed by atoms with Crippen molar-refractivity contribution in [2.75, 3.05) is 0 Å². The summed E-state index contributed by atoms with van der Waals surface area (Å²) in [4.78, 5) is 2.85. The highest BCUT2D eigenvalue weighted by Gasteiger charge is 2.45. The molecule has 3 aromatic heterocycles. The predicted molar refractivity (Wildman–Crippen MR) is 405 cm³/mol. The molecule has 12 rings (SSSR count). The summed E-state index contributed by atoms with van der Waals surface area (Å²) in [5, 5.41) is 5.47. The average molecular weight is 1240 g/mol. The molecule has 3 heteroatoms. The van der Waals surface area contributed by atoms with Gasteiger partial charge in [0.15, 0.2) is 0 Å². The fraction of sp³-hybridized carbons (Fsp3) is 0.477. The number of rotatable bonds is 36. The lowest BCUT2D eigenvalue weighted by Crippen LogP contribution is -2.25. The minimum Gasteiger partial charge on any atom is -0.339 e. The first kappa shape index (κ1) is 65.3. The van der Waals surface area contributed by atoms with Crippen LogP contribution in [0.4, 0.5) is 0 Å². The first-order valence-electron chi connectivity index (χ1n) is 37.3. The number of fused-ring (bicyclic) bond motifs is 11. The Labute approximate surface area is 557 Å². The van der Waals surface area contributed by atoms with E-state index in [2.05, 4.69) is 198 Å². The molecule has 0 unspecified atom stereocenters. The Balaban J connectivity index is 0.985. The first-order valence-corrected chi connectivity index (χ1v) is 38.9. The SMILES string of the molecule is CCCCCCCCC1(CCCCCCCC)c2cc(C)ccc2-c2ccc(-c3c4ccccc4c(-c4ccc5c(c4)C(CCCCCCCC)(CCCCCCCC)c4cc(-c6cc7c(s6)c6sc(C)cc6n7CCCCCC)ccc4-5)c4ccccc34)cc21. The third-order valence-corrected chi connectivity index (χ3v) is 24.4. The van der Waals surface area contributed by atoms with E-state index in [1.807, 2.05) is 11.3 Å². The Hall–Kier alpha value is -5.74. The Bertz CT molecular complexity index is 3970. The lowest BCUT2D eigenvalue weighted by molar-refractivity contribution is 0.398. The van der Waals surface area contributed by atoms with Crippen LogP contribution in [0.5, 0.6) is 0 Å². The zero-order valence-electron chi connectivity index (χ0n) is 57.3. The smallest absolute Gasteiger partial charge is 0.0707 e. The second-order valence-electron chi connectivity index (χ2n) is 28.5. The highest BCUT2D eigenvalue weighted by Crippen LogP contribution is 2.59. The number of hydrogen-bond donors (Lipinski definition) is 0. The van der Waals surface area contributed by atoms with E-state index in [0.29, 0.717) is 0 Å². The molecule has 0 aliphatic heterocycles. The minimum atomic E-state index is -0.0703. The van der Waals surface area contributed by atoms with Crippen LogP contribution in [-0.4, -0.2) is 4.57 Å². The van der Waals surface area contributed by atoms with Gasteiger partial charge < -0.3 is 4.57 Å². The summed E-state index contributed by atoms with van der Waals surface area (Å²) in [5.41, 5.74) is 23.4. The van der Waals surface area contributed by atoms with E-state index in [4.69, 9.17) is 0 Å². The predicted octanol–water partition coefficient (Wildman–Crippen LogP) is 29.0. The number of thiophene rings is 2. The van der Waals surface area contributed by atoms with Gasteiger partial charge in [0.25, 0.3) is 0 Å². The number of nitrogens with zero attached hydrogens (tertiary/aromatic N) is 1. The maximum Gasteiger partial charge on any atom is 0.0707 e. The minimum absolute atomic E-state index is 0.0139. The lowest BCUT2D eigenvalue weighted by Gasteiger charge is -2.34. The summed E-state index contributed by atoms with van der Waals surface area (Å²) in [7, 11) is 0. The van der Waals surface area contributed by atoms with Crippen molar-refractivity contribution in [1.29, 1.82) is 0 Å². The average Bonchev–Trinajstić information content (AvgIpc) is 1.65. The van der Waals surface area contributed by atoms with Crippen LogP contribution in [-0.2, 0) is 17.4 Å². The molecule has 2 aliphatic rings. The van der Waals surface area contributed by atoms with Crippen molar-refractivity contribution in [3.63, 3.8) is 0 Å². The van der Waals surface area contributed by atoms with Gasteiger partial charge in [-0.15, -0.1) is 22.7 Å². The van der Waals surface area contributed by atoms with Gasteiger partial charge in [-0.2, -0.15) is 0 Å². The molecule has 0 saturated carbocycles. The maximum atomic E-state index is 2.75. The van der Waals surface area contributed by atoms with E-state index < -0.39 is 0 Å². The van der Waals surface area contributed by atoms with E-state index >= 15 is 0 Å². The van der Waals surface area contributed by atoms with Crippen LogP contribution in [0, 0.1) is 13.8 Å². The molecule has 0 atom stereocenters. The van der Waals surface area contributed by atoms with Gasteiger partial charge in [0, 0.05) is 27.1 Å². The van der Waals surface area contributed by atoms with E-state index in [-0.39, 0.29) is 10.8 Å². The van der Waals surface area contributed by atoms with Gasteiger partial charge in [-0.1, -0.05) is 317 Å². The zero-order valence-corrected chi connectivity index (χ0v) is 58.9. The number of aromatic nitrogens is 1. The number of unbranched alkanes of at least 4 members (excludes halogenated alkanes) is 23. The van der Waals surface area contributed by atoms with E-state index in [1.54, 1.807) is 22.3 Å². The lowest BCUT2D eigenvalue weighted by atomic mass is 9.69. The topological polar surface area (TPSA) is 4.93 Å². The van der Waals surface area contributed by atoms with Crippen LogP contribution in [0.1, 0.15) is 273 Å². The van der Waals surface area contributed by atoms with Crippen molar-refractivity contribution >= 4 is 64.7 Å². The standard InChI is InChI=1S/C88H109NS2/c1-8-13-18-23-27-35-52-87(53-36-28-24-19-14-9-2)76-57-63(6)44-48-68(76)70-50-46-66(60-78(70)87)83-72-40-31-33-42-74(72)84(75-43-34-32-41-73(75)83)67-47-51-71-69-49-45-65(82-62-81-86(91-82)85-80(58-64(7)90-85)89(81)56-39-22-17-12-5)59-77(69)88(79(71)61-67,54-37-29-25-20-15-10-3)55-38-30-26-21-16-11-4/h31-34,40-51,57-62H,8-30,35-39,52-56H2,1-7H3. The van der Waals surface area contributed by atoms with E-state index in [1.165, 1.54) is 313 Å². The molecule has 0 radical (unpaired) electrons. The molecule has 0 spiro atoms. The summed E-state index contributed by atoms with van der Waals surface area (Å²) < 4.78 is 5.66. The zero-order chi connectivity index (χ0) is 62.7.